The molecule has 33 heavy (non-hydrogen) atoms. The van der Waals surface area contributed by atoms with E-state index in [1.54, 1.807) is 10.9 Å². The molecule has 0 bridgehead atoms. The fraction of sp³-hybridized carbons (Fsp3) is 0.125. The monoisotopic (exact) mass is 542 g/mol. The molecule has 0 atom stereocenters. The molecule has 3 aromatic carbocycles. The second kappa shape index (κ2) is 10.8. The Morgan fingerprint density at radius 2 is 1.94 bits per heavy atom. The zero-order chi connectivity index (χ0) is 23.2. The zero-order valence-corrected chi connectivity index (χ0v) is 20.8. The van der Waals surface area contributed by atoms with Gasteiger partial charge in [-0.2, -0.15) is 14.9 Å². The number of hydrogen-bond donors (Lipinski definition) is 1. The summed E-state index contributed by atoms with van der Waals surface area (Å²) in [5, 5.41) is 12.3. The van der Waals surface area contributed by atoms with E-state index in [4.69, 9.17) is 33.3 Å². The van der Waals surface area contributed by atoms with Gasteiger partial charge < -0.3 is 9.47 Å². The molecular formula is C24H20BrClN4O2S. The number of ether oxygens (including phenoxy) is 2. The number of aromatic nitrogens is 3. The molecule has 1 aromatic heterocycles. The summed E-state index contributed by atoms with van der Waals surface area (Å²) in [6.07, 6.45) is 1.70. The van der Waals surface area contributed by atoms with Gasteiger partial charge in [0.1, 0.15) is 6.61 Å². The molecule has 0 fully saturated rings. The van der Waals surface area contributed by atoms with Gasteiger partial charge in [-0.1, -0.05) is 54.1 Å². The van der Waals surface area contributed by atoms with Crippen molar-refractivity contribution in [1.29, 1.82) is 0 Å². The molecule has 1 heterocycles. The number of halogens is 2. The van der Waals surface area contributed by atoms with E-state index in [-0.39, 0.29) is 0 Å². The van der Waals surface area contributed by atoms with Crippen LogP contribution in [0.1, 0.15) is 18.1 Å². The third-order valence-corrected chi connectivity index (χ3v) is 5.70. The van der Waals surface area contributed by atoms with Crippen molar-refractivity contribution >= 4 is 46.0 Å². The van der Waals surface area contributed by atoms with E-state index in [1.807, 2.05) is 73.7 Å². The molecule has 0 saturated heterocycles. The summed E-state index contributed by atoms with van der Waals surface area (Å²) in [7, 11) is 0. The average Bonchev–Trinajstić information content (AvgIpc) is 3.18. The highest BCUT2D eigenvalue weighted by molar-refractivity contribution is 9.10. The molecule has 168 valence electrons. The standard InChI is InChI=1S/C24H20BrClN4O2S/c1-2-31-21-13-17(12-20(25)22(21)32-15-16-7-6-10-19(26)11-16)14-27-30-23(28-29-24(30)33)18-8-4-3-5-9-18/h3-14H,2,15H2,1H3,(H,29,33)/b27-14-. The zero-order valence-electron chi connectivity index (χ0n) is 17.7. The number of rotatable bonds is 8. The Hall–Kier alpha value is -2.94. The lowest BCUT2D eigenvalue weighted by Gasteiger charge is -2.15. The molecule has 0 aliphatic carbocycles. The molecular weight excluding hydrogens is 524 g/mol. The van der Waals surface area contributed by atoms with Crippen molar-refractivity contribution < 1.29 is 9.47 Å². The van der Waals surface area contributed by atoms with Gasteiger partial charge in [0.2, 0.25) is 4.77 Å². The Balaban J connectivity index is 1.61. The molecule has 6 nitrogen and oxygen atoms in total. The van der Waals surface area contributed by atoms with Crippen LogP contribution in [0.15, 0.2) is 76.3 Å². The summed E-state index contributed by atoms with van der Waals surface area (Å²) in [5.74, 6) is 1.84. The normalized spacial score (nSPS) is 11.1. The summed E-state index contributed by atoms with van der Waals surface area (Å²) in [6, 6.07) is 21.1. The van der Waals surface area contributed by atoms with E-state index in [0.29, 0.717) is 40.3 Å². The summed E-state index contributed by atoms with van der Waals surface area (Å²) < 4.78 is 14.6. The van der Waals surface area contributed by atoms with Gasteiger partial charge in [-0.15, -0.1) is 0 Å². The third-order valence-electron chi connectivity index (χ3n) is 4.61. The Morgan fingerprint density at radius 3 is 2.70 bits per heavy atom. The molecule has 0 radical (unpaired) electrons. The number of nitrogens with one attached hydrogen (secondary N) is 1. The maximum absolute atomic E-state index is 6.08. The fourth-order valence-electron chi connectivity index (χ4n) is 3.14. The second-order valence-corrected chi connectivity index (χ2v) is 8.63. The smallest absolute Gasteiger partial charge is 0.216 e. The van der Waals surface area contributed by atoms with Gasteiger partial charge in [-0.05, 0) is 70.5 Å². The van der Waals surface area contributed by atoms with Crippen LogP contribution in [-0.2, 0) is 6.61 Å². The molecule has 0 unspecified atom stereocenters. The number of nitrogens with zero attached hydrogens (tertiary/aromatic N) is 3. The van der Waals surface area contributed by atoms with Gasteiger partial charge in [0.15, 0.2) is 17.3 Å². The van der Waals surface area contributed by atoms with Crippen molar-refractivity contribution in [3.05, 3.63) is 92.1 Å². The molecule has 4 rings (SSSR count). The van der Waals surface area contributed by atoms with Crippen LogP contribution < -0.4 is 9.47 Å². The number of hydrogen-bond acceptors (Lipinski definition) is 5. The van der Waals surface area contributed by atoms with Crippen molar-refractivity contribution in [3.63, 3.8) is 0 Å². The van der Waals surface area contributed by atoms with E-state index in [2.05, 4.69) is 31.2 Å². The molecule has 4 aromatic rings. The van der Waals surface area contributed by atoms with Crippen LogP contribution in [0.25, 0.3) is 11.4 Å². The fourth-order valence-corrected chi connectivity index (χ4v) is 4.11. The molecule has 0 saturated carbocycles. The highest BCUT2D eigenvalue weighted by atomic mass is 79.9. The maximum atomic E-state index is 6.08. The van der Waals surface area contributed by atoms with Crippen LogP contribution in [0.4, 0.5) is 0 Å². The maximum Gasteiger partial charge on any atom is 0.216 e. The van der Waals surface area contributed by atoms with Crippen molar-refractivity contribution in [3.8, 4) is 22.9 Å². The summed E-state index contributed by atoms with van der Waals surface area (Å²) in [4.78, 5) is 0. The quantitative estimate of drug-likeness (QED) is 0.194. The van der Waals surface area contributed by atoms with E-state index < -0.39 is 0 Å². The van der Waals surface area contributed by atoms with Crippen molar-refractivity contribution in [1.82, 2.24) is 14.9 Å². The molecule has 0 aliphatic heterocycles. The number of H-pyrrole nitrogens is 1. The second-order valence-electron chi connectivity index (χ2n) is 6.96. The predicted molar refractivity (Wildman–Crippen MR) is 137 cm³/mol. The van der Waals surface area contributed by atoms with Gasteiger partial charge in [0, 0.05) is 10.6 Å². The van der Waals surface area contributed by atoms with Crippen LogP contribution in [-0.4, -0.2) is 27.7 Å². The van der Waals surface area contributed by atoms with Gasteiger partial charge in [-0.25, -0.2) is 5.10 Å². The van der Waals surface area contributed by atoms with Crippen LogP contribution in [0, 0.1) is 4.77 Å². The van der Waals surface area contributed by atoms with Crippen molar-refractivity contribution in [2.75, 3.05) is 6.61 Å². The first-order valence-corrected chi connectivity index (χ1v) is 11.7. The Bertz CT molecular complexity index is 1340. The van der Waals surface area contributed by atoms with Crippen LogP contribution >= 0.6 is 39.7 Å². The molecule has 0 aliphatic rings. The van der Waals surface area contributed by atoms with Crippen LogP contribution in [0.2, 0.25) is 5.02 Å². The summed E-state index contributed by atoms with van der Waals surface area (Å²) >= 11 is 15.0. The van der Waals surface area contributed by atoms with Gasteiger partial charge in [-0.3, -0.25) is 0 Å². The van der Waals surface area contributed by atoms with Gasteiger partial charge in [0.25, 0.3) is 0 Å². The number of benzene rings is 3. The first kappa shape index (κ1) is 23.2. The lowest BCUT2D eigenvalue weighted by Crippen LogP contribution is -2.02. The van der Waals surface area contributed by atoms with E-state index in [1.165, 1.54) is 0 Å². The molecule has 0 spiro atoms. The minimum absolute atomic E-state index is 0.358. The average molecular weight is 544 g/mol. The van der Waals surface area contributed by atoms with Gasteiger partial charge in [0.05, 0.1) is 17.3 Å². The largest absolute Gasteiger partial charge is 0.490 e. The van der Waals surface area contributed by atoms with Crippen molar-refractivity contribution in [2.45, 2.75) is 13.5 Å². The van der Waals surface area contributed by atoms with Crippen LogP contribution in [0.3, 0.4) is 0 Å². The Morgan fingerprint density at radius 1 is 1.12 bits per heavy atom. The predicted octanol–water partition coefficient (Wildman–Crippen LogP) is 6.88. The third kappa shape index (κ3) is 5.71. The first-order chi connectivity index (χ1) is 16.0. The molecule has 9 heteroatoms. The summed E-state index contributed by atoms with van der Waals surface area (Å²) in [5.41, 5.74) is 2.68. The Kier molecular flexibility index (Phi) is 7.59. The van der Waals surface area contributed by atoms with Crippen molar-refractivity contribution in [2.24, 2.45) is 5.10 Å². The minimum Gasteiger partial charge on any atom is -0.490 e. The molecule has 1 N–H and O–H groups in total. The van der Waals surface area contributed by atoms with E-state index in [0.717, 1.165) is 21.2 Å². The SMILES string of the molecule is CCOc1cc(/C=N\n2c(-c3ccccc3)n[nH]c2=S)cc(Br)c1OCc1cccc(Cl)c1. The highest BCUT2D eigenvalue weighted by Gasteiger charge is 2.13. The first-order valence-electron chi connectivity index (χ1n) is 10.2. The van der Waals surface area contributed by atoms with E-state index >= 15 is 0 Å². The highest BCUT2D eigenvalue weighted by Crippen LogP contribution is 2.37. The topological polar surface area (TPSA) is 64.4 Å². The lowest BCUT2D eigenvalue weighted by atomic mass is 10.2. The van der Waals surface area contributed by atoms with Crippen LogP contribution in [0.5, 0.6) is 11.5 Å². The Labute approximate surface area is 210 Å². The lowest BCUT2D eigenvalue weighted by molar-refractivity contribution is 0.267. The number of aromatic amines is 1. The molecule has 0 amide bonds. The van der Waals surface area contributed by atoms with E-state index in [9.17, 15) is 0 Å². The summed E-state index contributed by atoms with van der Waals surface area (Å²) in [6.45, 7) is 2.77. The van der Waals surface area contributed by atoms with Gasteiger partial charge >= 0.3 is 0 Å². The minimum atomic E-state index is 0.358.